The summed E-state index contributed by atoms with van der Waals surface area (Å²) in [5.41, 5.74) is -0.592. The molecule has 0 heterocycles. The summed E-state index contributed by atoms with van der Waals surface area (Å²) in [6.07, 6.45) is 10.6. The maximum atomic E-state index is 12.9. The smallest absolute Gasteiger partial charge is 0.335 e. The van der Waals surface area contributed by atoms with Crippen molar-refractivity contribution in [3.63, 3.8) is 0 Å². The first-order valence-electron chi connectivity index (χ1n) is 6.65. The maximum absolute atomic E-state index is 12.9. The van der Waals surface area contributed by atoms with Gasteiger partial charge < -0.3 is 10.2 Å². The molecule has 0 unspecified atom stereocenters. The summed E-state index contributed by atoms with van der Waals surface area (Å²) in [4.78, 5) is 21.4. The third kappa shape index (κ3) is 3.23. The molecule has 0 aliphatic heterocycles. The Bertz CT molecular complexity index is 1000. The van der Waals surface area contributed by atoms with E-state index in [1.165, 1.54) is 0 Å². The second kappa shape index (κ2) is 6.52. The number of terminal acetylenes is 2. The molecule has 0 aromatic heterocycles. The first-order chi connectivity index (χ1) is 11.7. The Balaban J connectivity index is 2.73. The largest absolute Gasteiger partial charge is 0.478 e. The summed E-state index contributed by atoms with van der Waals surface area (Å²) in [6, 6.07) is 6.51. The number of carboxylic acid groups (broad SMARTS) is 2. The summed E-state index contributed by atoms with van der Waals surface area (Å²) in [6.45, 7) is 0. The summed E-state index contributed by atoms with van der Waals surface area (Å²) in [5.74, 6) is 1.78. The molecule has 7 heteroatoms. The molecule has 0 bridgehead atoms. The van der Waals surface area contributed by atoms with E-state index >= 15 is 0 Å². The van der Waals surface area contributed by atoms with Gasteiger partial charge in [-0.1, -0.05) is 11.8 Å². The van der Waals surface area contributed by atoms with Crippen molar-refractivity contribution in [3.8, 4) is 24.7 Å². The monoisotopic (exact) mass is 354 g/mol. The van der Waals surface area contributed by atoms with Crippen LogP contribution in [0.15, 0.2) is 46.2 Å². The molecular weight excluding hydrogens is 344 g/mol. The fraction of sp³-hybridized carbons (Fsp3) is 0. The summed E-state index contributed by atoms with van der Waals surface area (Å²) >= 11 is 0. The zero-order valence-electron chi connectivity index (χ0n) is 12.6. The highest BCUT2D eigenvalue weighted by molar-refractivity contribution is 7.91. The van der Waals surface area contributed by atoms with Crippen LogP contribution in [0.25, 0.3) is 0 Å². The fourth-order valence-corrected chi connectivity index (χ4v) is 3.68. The van der Waals surface area contributed by atoms with Crippen molar-refractivity contribution >= 4 is 21.8 Å². The molecule has 0 fully saturated rings. The molecule has 25 heavy (non-hydrogen) atoms. The van der Waals surface area contributed by atoms with E-state index in [2.05, 4.69) is 11.8 Å². The van der Waals surface area contributed by atoms with Crippen LogP contribution in [0.1, 0.15) is 31.8 Å². The van der Waals surface area contributed by atoms with Gasteiger partial charge in [0.15, 0.2) is 0 Å². The third-order valence-corrected chi connectivity index (χ3v) is 5.21. The molecular formula is C18H10O6S. The Morgan fingerprint density at radius 2 is 1.16 bits per heavy atom. The number of hydrogen-bond donors (Lipinski definition) is 2. The van der Waals surface area contributed by atoms with Gasteiger partial charge in [0.25, 0.3) is 0 Å². The molecule has 0 saturated heterocycles. The van der Waals surface area contributed by atoms with E-state index in [-0.39, 0.29) is 32.0 Å². The molecule has 2 aromatic carbocycles. The van der Waals surface area contributed by atoms with Crippen molar-refractivity contribution in [1.29, 1.82) is 0 Å². The molecule has 2 aromatic rings. The van der Waals surface area contributed by atoms with E-state index in [0.29, 0.717) is 0 Å². The molecule has 0 spiro atoms. The van der Waals surface area contributed by atoms with Gasteiger partial charge in [-0.2, -0.15) is 0 Å². The normalized spacial score (nSPS) is 10.5. The molecule has 124 valence electrons. The molecule has 0 atom stereocenters. The summed E-state index contributed by atoms with van der Waals surface area (Å²) < 4.78 is 25.7. The highest BCUT2D eigenvalue weighted by Gasteiger charge is 2.25. The SMILES string of the molecule is C#Cc1cc(C(=O)O)ccc1S(=O)(=O)c1ccc(C(=O)O)cc1C#C. The van der Waals surface area contributed by atoms with E-state index in [1.807, 2.05) is 0 Å². The van der Waals surface area contributed by atoms with Crippen LogP contribution in [0.4, 0.5) is 0 Å². The number of carbonyl (C=O) groups is 2. The van der Waals surface area contributed by atoms with Gasteiger partial charge in [-0.25, -0.2) is 18.0 Å². The molecule has 0 saturated carbocycles. The van der Waals surface area contributed by atoms with Gasteiger partial charge in [0.05, 0.1) is 20.9 Å². The first-order valence-corrected chi connectivity index (χ1v) is 8.13. The minimum Gasteiger partial charge on any atom is -0.478 e. The molecule has 2 N–H and O–H groups in total. The zero-order chi connectivity index (χ0) is 18.8. The Kier molecular flexibility index (Phi) is 4.64. The molecule has 0 radical (unpaired) electrons. The van der Waals surface area contributed by atoms with Crippen LogP contribution in [-0.2, 0) is 9.84 Å². The molecule has 0 amide bonds. The second-order valence-electron chi connectivity index (χ2n) is 4.82. The average Bonchev–Trinajstić information content (AvgIpc) is 2.60. The summed E-state index contributed by atoms with van der Waals surface area (Å²) in [5, 5.41) is 18.0. The van der Waals surface area contributed by atoms with Gasteiger partial charge in [-0.15, -0.1) is 12.8 Å². The highest BCUT2D eigenvalue weighted by atomic mass is 32.2. The lowest BCUT2D eigenvalue weighted by atomic mass is 10.1. The Labute approximate surface area is 143 Å². The highest BCUT2D eigenvalue weighted by Crippen LogP contribution is 2.28. The van der Waals surface area contributed by atoms with Crippen LogP contribution in [0.5, 0.6) is 0 Å². The van der Waals surface area contributed by atoms with Gasteiger partial charge >= 0.3 is 11.9 Å². The van der Waals surface area contributed by atoms with Crippen LogP contribution in [0.2, 0.25) is 0 Å². The zero-order valence-corrected chi connectivity index (χ0v) is 13.4. The quantitative estimate of drug-likeness (QED) is 0.812. The Morgan fingerprint density at radius 3 is 1.44 bits per heavy atom. The van der Waals surface area contributed by atoms with Gasteiger partial charge in [-0.3, -0.25) is 0 Å². The topological polar surface area (TPSA) is 109 Å². The lowest BCUT2D eigenvalue weighted by Gasteiger charge is -2.10. The van der Waals surface area contributed by atoms with E-state index in [1.54, 1.807) is 0 Å². The predicted octanol–water partition coefficient (Wildman–Crippen LogP) is 1.88. The van der Waals surface area contributed by atoms with Crippen LogP contribution < -0.4 is 0 Å². The molecule has 0 aliphatic rings. The second-order valence-corrected chi connectivity index (χ2v) is 6.71. The summed E-state index contributed by atoms with van der Waals surface area (Å²) in [7, 11) is -4.18. The predicted molar refractivity (Wildman–Crippen MR) is 88.1 cm³/mol. The number of benzene rings is 2. The molecule has 0 aliphatic carbocycles. The van der Waals surface area contributed by atoms with Crippen molar-refractivity contribution in [3.05, 3.63) is 58.7 Å². The fourth-order valence-electron chi connectivity index (χ4n) is 2.14. The van der Waals surface area contributed by atoms with Crippen molar-refractivity contribution in [2.24, 2.45) is 0 Å². The van der Waals surface area contributed by atoms with Gasteiger partial charge in [0, 0.05) is 11.1 Å². The minimum atomic E-state index is -4.18. The lowest BCUT2D eigenvalue weighted by molar-refractivity contribution is 0.0686. The standard InChI is InChI=1S/C18H10O6S/c1-3-11-9-13(17(19)20)5-7-15(11)25(23,24)16-8-6-14(18(21)22)10-12(16)4-2/h1-2,5-10H,(H,19,20)(H,21,22). The number of carboxylic acids is 2. The van der Waals surface area contributed by atoms with Crippen LogP contribution in [0.3, 0.4) is 0 Å². The maximum Gasteiger partial charge on any atom is 0.335 e. The molecule has 6 nitrogen and oxygen atoms in total. The molecule has 2 rings (SSSR count). The van der Waals surface area contributed by atoms with Crippen molar-refractivity contribution < 1.29 is 28.2 Å². The van der Waals surface area contributed by atoms with Crippen LogP contribution in [-0.4, -0.2) is 30.6 Å². The number of aromatic carboxylic acids is 2. The lowest BCUT2D eigenvalue weighted by Crippen LogP contribution is -2.09. The van der Waals surface area contributed by atoms with Crippen molar-refractivity contribution in [1.82, 2.24) is 0 Å². The van der Waals surface area contributed by atoms with Crippen LogP contribution >= 0.6 is 0 Å². The van der Waals surface area contributed by atoms with Crippen molar-refractivity contribution in [2.45, 2.75) is 9.79 Å². The average molecular weight is 354 g/mol. The third-order valence-electron chi connectivity index (χ3n) is 3.34. The number of hydrogen-bond acceptors (Lipinski definition) is 4. The van der Waals surface area contributed by atoms with E-state index < -0.39 is 21.8 Å². The van der Waals surface area contributed by atoms with Gasteiger partial charge in [0.2, 0.25) is 9.84 Å². The van der Waals surface area contributed by atoms with E-state index in [0.717, 1.165) is 36.4 Å². The Hall–Kier alpha value is -3.55. The minimum absolute atomic E-state index is 0.134. The van der Waals surface area contributed by atoms with Crippen molar-refractivity contribution in [2.75, 3.05) is 0 Å². The Morgan fingerprint density at radius 1 is 0.800 bits per heavy atom. The van der Waals surface area contributed by atoms with Gasteiger partial charge in [-0.05, 0) is 36.4 Å². The van der Waals surface area contributed by atoms with Crippen LogP contribution in [0, 0.1) is 24.7 Å². The van der Waals surface area contributed by atoms with E-state index in [9.17, 15) is 18.0 Å². The van der Waals surface area contributed by atoms with Gasteiger partial charge in [0.1, 0.15) is 0 Å². The van der Waals surface area contributed by atoms with E-state index in [4.69, 9.17) is 23.1 Å². The first kappa shape index (κ1) is 17.8. The number of rotatable bonds is 4. The number of sulfone groups is 1.